The summed E-state index contributed by atoms with van der Waals surface area (Å²) in [5.41, 5.74) is 2.01. The van der Waals surface area contributed by atoms with Crippen LogP contribution in [0, 0.1) is 0 Å². The van der Waals surface area contributed by atoms with Gasteiger partial charge in [-0.05, 0) is 24.6 Å². The Morgan fingerprint density at radius 1 is 1.07 bits per heavy atom. The lowest BCUT2D eigenvalue weighted by atomic mass is 10.1. The molecule has 1 heterocycles. The van der Waals surface area contributed by atoms with Gasteiger partial charge in [-0.3, -0.25) is 14.9 Å². The molecule has 2 N–H and O–H groups in total. The van der Waals surface area contributed by atoms with Crippen molar-refractivity contribution in [2.24, 2.45) is 0 Å². The summed E-state index contributed by atoms with van der Waals surface area (Å²) in [6.45, 7) is 1.93. The van der Waals surface area contributed by atoms with Crippen molar-refractivity contribution in [1.29, 1.82) is 0 Å². The maximum absolute atomic E-state index is 12.5. The monoisotopic (exact) mass is 425 g/mol. The molecule has 30 heavy (non-hydrogen) atoms. The number of hydrogen-bond donors (Lipinski definition) is 2. The zero-order valence-electron chi connectivity index (χ0n) is 17.0. The van der Waals surface area contributed by atoms with Crippen LogP contribution in [-0.2, 0) is 11.2 Å². The van der Waals surface area contributed by atoms with E-state index in [0.29, 0.717) is 27.9 Å². The Balaban J connectivity index is 1.59. The Hall–Kier alpha value is -3.39. The molecule has 0 aliphatic heterocycles. The van der Waals surface area contributed by atoms with E-state index in [1.54, 1.807) is 23.6 Å². The van der Waals surface area contributed by atoms with Crippen molar-refractivity contribution in [3.63, 3.8) is 0 Å². The van der Waals surface area contributed by atoms with Crippen LogP contribution < -0.4 is 20.1 Å². The molecule has 1 aromatic heterocycles. The molecule has 2 aromatic carbocycles. The third kappa shape index (κ3) is 5.57. The number of aromatic nitrogens is 1. The predicted octanol–water partition coefficient (Wildman–Crippen LogP) is 3.83. The normalized spacial score (nSPS) is 11.4. The van der Waals surface area contributed by atoms with Gasteiger partial charge in [-0.15, -0.1) is 11.3 Å². The number of hydrogen-bond acceptors (Lipinski definition) is 6. The molecule has 0 fully saturated rings. The van der Waals surface area contributed by atoms with E-state index in [-0.39, 0.29) is 24.3 Å². The third-order valence-electron chi connectivity index (χ3n) is 4.40. The van der Waals surface area contributed by atoms with Crippen LogP contribution in [0.1, 0.15) is 34.6 Å². The standard InChI is InChI=1S/C22H23N3O4S/c1-14(15-7-5-4-6-8-15)23-20(26)11-17-13-30-22(24-17)25-21(27)16-9-18(28-2)12-19(10-16)29-3/h4-10,12-14H,11H2,1-3H3,(H,23,26)(H,24,25,27)/t14-/m0/s1. The fourth-order valence-electron chi connectivity index (χ4n) is 2.84. The van der Waals surface area contributed by atoms with Crippen LogP contribution in [0.5, 0.6) is 11.5 Å². The second kappa shape index (κ2) is 9.89. The van der Waals surface area contributed by atoms with Crippen molar-refractivity contribution in [3.05, 3.63) is 70.7 Å². The summed E-state index contributed by atoms with van der Waals surface area (Å²) in [5.74, 6) is 0.564. The third-order valence-corrected chi connectivity index (χ3v) is 5.21. The van der Waals surface area contributed by atoms with Crippen LogP contribution in [0.2, 0.25) is 0 Å². The smallest absolute Gasteiger partial charge is 0.257 e. The maximum atomic E-state index is 12.5. The first-order valence-electron chi connectivity index (χ1n) is 9.31. The minimum Gasteiger partial charge on any atom is -0.497 e. The average molecular weight is 426 g/mol. The number of carbonyl (C=O) groups is 2. The van der Waals surface area contributed by atoms with E-state index in [0.717, 1.165) is 5.56 Å². The predicted molar refractivity (Wildman–Crippen MR) is 116 cm³/mol. The molecule has 3 aromatic rings. The summed E-state index contributed by atoms with van der Waals surface area (Å²) in [7, 11) is 3.04. The van der Waals surface area contributed by atoms with Crippen LogP contribution >= 0.6 is 11.3 Å². The van der Waals surface area contributed by atoms with Crippen molar-refractivity contribution in [2.75, 3.05) is 19.5 Å². The van der Waals surface area contributed by atoms with Crippen LogP contribution in [0.4, 0.5) is 5.13 Å². The topological polar surface area (TPSA) is 89.6 Å². The summed E-state index contributed by atoms with van der Waals surface area (Å²) in [4.78, 5) is 29.2. The number of methoxy groups -OCH3 is 2. The van der Waals surface area contributed by atoms with Crippen molar-refractivity contribution in [2.45, 2.75) is 19.4 Å². The first kappa shape index (κ1) is 21.3. The summed E-state index contributed by atoms with van der Waals surface area (Å²) in [6.07, 6.45) is 0.135. The van der Waals surface area contributed by atoms with Crippen molar-refractivity contribution >= 4 is 28.3 Å². The Kier molecular flexibility index (Phi) is 7.03. The largest absolute Gasteiger partial charge is 0.497 e. The van der Waals surface area contributed by atoms with E-state index in [9.17, 15) is 9.59 Å². The van der Waals surface area contributed by atoms with E-state index in [1.165, 1.54) is 25.6 Å². The van der Waals surface area contributed by atoms with Crippen molar-refractivity contribution in [1.82, 2.24) is 10.3 Å². The highest BCUT2D eigenvalue weighted by molar-refractivity contribution is 7.14. The molecule has 0 spiro atoms. The number of ether oxygens (including phenoxy) is 2. The molecule has 1 atom stereocenters. The molecule has 0 bridgehead atoms. The van der Waals surface area contributed by atoms with Gasteiger partial charge in [0.2, 0.25) is 5.91 Å². The summed E-state index contributed by atoms with van der Waals surface area (Å²) >= 11 is 1.26. The van der Waals surface area contributed by atoms with Crippen LogP contribution in [0.3, 0.4) is 0 Å². The highest BCUT2D eigenvalue weighted by atomic mass is 32.1. The first-order chi connectivity index (χ1) is 14.5. The number of nitrogens with one attached hydrogen (secondary N) is 2. The minimum absolute atomic E-state index is 0.0976. The molecule has 0 saturated heterocycles. The Labute approximate surface area is 179 Å². The molecule has 0 unspecified atom stereocenters. The van der Waals surface area contributed by atoms with Gasteiger partial charge in [-0.2, -0.15) is 0 Å². The number of nitrogens with zero attached hydrogens (tertiary/aromatic N) is 1. The molecule has 3 rings (SSSR count). The molecule has 8 heteroatoms. The van der Waals surface area contributed by atoms with Crippen molar-refractivity contribution < 1.29 is 19.1 Å². The van der Waals surface area contributed by atoms with Crippen LogP contribution in [-0.4, -0.2) is 31.0 Å². The summed E-state index contributed by atoms with van der Waals surface area (Å²) in [5, 5.41) is 7.88. The summed E-state index contributed by atoms with van der Waals surface area (Å²) in [6, 6.07) is 14.6. The van der Waals surface area contributed by atoms with E-state index >= 15 is 0 Å². The molecular formula is C22H23N3O4S. The molecule has 0 aliphatic carbocycles. The molecule has 2 amide bonds. The number of anilines is 1. The lowest BCUT2D eigenvalue weighted by molar-refractivity contribution is -0.121. The van der Waals surface area contributed by atoms with Gasteiger partial charge in [0.1, 0.15) is 11.5 Å². The number of benzene rings is 2. The Morgan fingerprint density at radius 2 is 1.73 bits per heavy atom. The lowest BCUT2D eigenvalue weighted by Crippen LogP contribution is -2.28. The zero-order chi connectivity index (χ0) is 21.5. The number of thiazole rings is 1. The van der Waals surface area contributed by atoms with Gasteiger partial charge in [0.05, 0.1) is 32.4 Å². The zero-order valence-corrected chi connectivity index (χ0v) is 17.8. The molecule has 7 nitrogen and oxygen atoms in total. The van der Waals surface area contributed by atoms with Crippen LogP contribution in [0.15, 0.2) is 53.9 Å². The van der Waals surface area contributed by atoms with Gasteiger partial charge in [-0.1, -0.05) is 30.3 Å². The fraction of sp³-hybridized carbons (Fsp3) is 0.227. The number of amides is 2. The van der Waals surface area contributed by atoms with Gasteiger partial charge < -0.3 is 14.8 Å². The highest BCUT2D eigenvalue weighted by Crippen LogP contribution is 2.24. The van der Waals surface area contributed by atoms with Gasteiger partial charge in [0.15, 0.2) is 5.13 Å². The van der Waals surface area contributed by atoms with Crippen LogP contribution in [0.25, 0.3) is 0 Å². The molecule has 0 aliphatic rings. The SMILES string of the molecule is COc1cc(OC)cc(C(=O)Nc2nc(CC(=O)N[C@@H](C)c3ccccc3)cs2)c1. The summed E-state index contributed by atoms with van der Waals surface area (Å²) < 4.78 is 10.4. The number of rotatable bonds is 8. The fourth-order valence-corrected chi connectivity index (χ4v) is 3.54. The van der Waals surface area contributed by atoms with Gasteiger partial charge >= 0.3 is 0 Å². The number of carbonyl (C=O) groups excluding carboxylic acids is 2. The first-order valence-corrected chi connectivity index (χ1v) is 10.2. The molecule has 0 saturated carbocycles. The van der Waals surface area contributed by atoms with Gasteiger partial charge in [-0.25, -0.2) is 4.98 Å². The minimum atomic E-state index is -0.338. The quantitative estimate of drug-likeness (QED) is 0.572. The molecule has 156 valence electrons. The van der Waals surface area contributed by atoms with Gasteiger partial charge in [0, 0.05) is 17.0 Å². The maximum Gasteiger partial charge on any atom is 0.257 e. The Morgan fingerprint density at radius 3 is 2.37 bits per heavy atom. The second-order valence-electron chi connectivity index (χ2n) is 6.58. The van der Waals surface area contributed by atoms with E-state index in [4.69, 9.17) is 9.47 Å². The lowest BCUT2D eigenvalue weighted by Gasteiger charge is -2.13. The van der Waals surface area contributed by atoms with Gasteiger partial charge in [0.25, 0.3) is 5.91 Å². The average Bonchev–Trinajstić information content (AvgIpc) is 3.20. The van der Waals surface area contributed by atoms with E-state index < -0.39 is 0 Å². The molecule has 0 radical (unpaired) electrons. The Bertz CT molecular complexity index is 998. The molecular weight excluding hydrogens is 402 g/mol. The van der Waals surface area contributed by atoms with E-state index in [2.05, 4.69) is 15.6 Å². The van der Waals surface area contributed by atoms with E-state index in [1.807, 2.05) is 37.3 Å². The highest BCUT2D eigenvalue weighted by Gasteiger charge is 2.15. The van der Waals surface area contributed by atoms with Crippen molar-refractivity contribution in [3.8, 4) is 11.5 Å². The second-order valence-corrected chi connectivity index (χ2v) is 7.43.